The summed E-state index contributed by atoms with van der Waals surface area (Å²) in [5.74, 6) is 0. The summed E-state index contributed by atoms with van der Waals surface area (Å²) >= 11 is 0. The SMILES string of the molecule is Cl.FC(F)[C@@H]1COCCN1. The van der Waals surface area contributed by atoms with Crippen molar-refractivity contribution >= 4 is 12.4 Å². The Labute approximate surface area is 64.3 Å². The van der Waals surface area contributed by atoms with E-state index in [9.17, 15) is 8.78 Å². The lowest BCUT2D eigenvalue weighted by molar-refractivity contribution is 0.00349. The lowest BCUT2D eigenvalue weighted by Crippen LogP contribution is -2.45. The zero-order valence-corrected chi connectivity index (χ0v) is 6.16. The van der Waals surface area contributed by atoms with Crippen LogP contribution in [0, 0.1) is 0 Å². The van der Waals surface area contributed by atoms with Gasteiger partial charge in [0.05, 0.1) is 19.3 Å². The molecule has 1 rings (SSSR count). The molecule has 0 bridgehead atoms. The fraction of sp³-hybridized carbons (Fsp3) is 1.00. The van der Waals surface area contributed by atoms with Gasteiger partial charge in [-0.3, -0.25) is 0 Å². The number of hydrogen-bond acceptors (Lipinski definition) is 2. The highest BCUT2D eigenvalue weighted by Gasteiger charge is 2.21. The van der Waals surface area contributed by atoms with Crippen molar-refractivity contribution in [1.82, 2.24) is 5.32 Å². The number of nitrogens with one attached hydrogen (secondary N) is 1. The highest BCUT2D eigenvalue weighted by Crippen LogP contribution is 2.03. The van der Waals surface area contributed by atoms with E-state index >= 15 is 0 Å². The van der Waals surface area contributed by atoms with Crippen LogP contribution in [0.2, 0.25) is 0 Å². The molecule has 0 amide bonds. The summed E-state index contributed by atoms with van der Waals surface area (Å²) < 4.78 is 28.4. The van der Waals surface area contributed by atoms with Crippen molar-refractivity contribution in [2.75, 3.05) is 19.8 Å². The quantitative estimate of drug-likeness (QED) is 0.629. The molecule has 5 heteroatoms. The molecule has 1 aliphatic heterocycles. The molecule has 0 aliphatic carbocycles. The van der Waals surface area contributed by atoms with Crippen LogP contribution >= 0.6 is 12.4 Å². The Hall–Kier alpha value is 0.0700. The van der Waals surface area contributed by atoms with Gasteiger partial charge in [0.1, 0.15) is 0 Å². The molecule has 1 aliphatic rings. The zero-order chi connectivity index (χ0) is 6.69. The van der Waals surface area contributed by atoms with Gasteiger partial charge < -0.3 is 10.1 Å². The first kappa shape index (κ1) is 10.1. The fourth-order valence-corrected chi connectivity index (χ4v) is 0.748. The molecule has 0 aromatic carbocycles. The molecule has 1 heterocycles. The van der Waals surface area contributed by atoms with E-state index in [0.29, 0.717) is 13.2 Å². The molecule has 0 saturated carbocycles. The van der Waals surface area contributed by atoms with Gasteiger partial charge in [0.2, 0.25) is 0 Å². The second-order valence-electron chi connectivity index (χ2n) is 1.97. The average molecular weight is 174 g/mol. The predicted octanol–water partition coefficient (Wildman–Crippen LogP) is 0.662. The van der Waals surface area contributed by atoms with Gasteiger partial charge in [0, 0.05) is 6.54 Å². The van der Waals surface area contributed by atoms with Crippen molar-refractivity contribution in [2.24, 2.45) is 0 Å². The summed E-state index contributed by atoms with van der Waals surface area (Å²) in [5, 5.41) is 2.64. The third-order valence-electron chi connectivity index (χ3n) is 1.25. The molecular weight excluding hydrogens is 164 g/mol. The second kappa shape index (κ2) is 4.82. The van der Waals surface area contributed by atoms with Gasteiger partial charge in [-0.25, -0.2) is 8.78 Å². The van der Waals surface area contributed by atoms with Crippen LogP contribution in [-0.4, -0.2) is 32.2 Å². The molecule has 0 unspecified atom stereocenters. The van der Waals surface area contributed by atoms with Crippen LogP contribution in [0.5, 0.6) is 0 Å². The van der Waals surface area contributed by atoms with Crippen LogP contribution in [0.1, 0.15) is 0 Å². The van der Waals surface area contributed by atoms with Crippen molar-refractivity contribution in [3.8, 4) is 0 Å². The molecule has 2 nitrogen and oxygen atoms in total. The zero-order valence-electron chi connectivity index (χ0n) is 5.35. The average Bonchev–Trinajstić information content (AvgIpc) is 1.90. The second-order valence-corrected chi connectivity index (χ2v) is 1.97. The number of alkyl halides is 2. The minimum atomic E-state index is -2.30. The summed E-state index contributed by atoms with van der Waals surface area (Å²) in [4.78, 5) is 0. The Morgan fingerprint density at radius 2 is 2.20 bits per heavy atom. The molecule has 0 radical (unpaired) electrons. The lowest BCUT2D eigenvalue weighted by Gasteiger charge is -2.22. The van der Waals surface area contributed by atoms with Gasteiger partial charge in [-0.2, -0.15) is 0 Å². The summed E-state index contributed by atoms with van der Waals surface area (Å²) in [6.45, 7) is 1.22. The first-order valence-electron chi connectivity index (χ1n) is 2.90. The van der Waals surface area contributed by atoms with Crippen LogP contribution in [0.3, 0.4) is 0 Å². The molecular formula is C5H10ClF2NO. The van der Waals surface area contributed by atoms with Crippen LogP contribution in [-0.2, 0) is 4.74 Å². The fourth-order valence-electron chi connectivity index (χ4n) is 0.748. The number of ether oxygens (including phenoxy) is 1. The van der Waals surface area contributed by atoms with E-state index in [1.54, 1.807) is 0 Å². The van der Waals surface area contributed by atoms with Crippen molar-refractivity contribution in [3.63, 3.8) is 0 Å². The topological polar surface area (TPSA) is 21.3 Å². The van der Waals surface area contributed by atoms with Crippen LogP contribution in [0.4, 0.5) is 8.78 Å². The predicted molar refractivity (Wildman–Crippen MR) is 35.9 cm³/mol. The van der Waals surface area contributed by atoms with E-state index in [1.807, 2.05) is 0 Å². The molecule has 10 heavy (non-hydrogen) atoms. The first-order valence-corrected chi connectivity index (χ1v) is 2.90. The molecule has 0 aromatic heterocycles. The Bertz CT molecular complexity index is 87.7. The van der Waals surface area contributed by atoms with E-state index in [4.69, 9.17) is 4.74 Å². The molecule has 1 atom stereocenters. The smallest absolute Gasteiger partial charge is 0.255 e. The van der Waals surface area contributed by atoms with E-state index in [-0.39, 0.29) is 19.0 Å². The van der Waals surface area contributed by atoms with E-state index in [1.165, 1.54) is 0 Å². The minimum absolute atomic E-state index is 0. The highest BCUT2D eigenvalue weighted by molar-refractivity contribution is 5.85. The maximum absolute atomic E-state index is 11.8. The van der Waals surface area contributed by atoms with Gasteiger partial charge in [-0.15, -0.1) is 12.4 Å². The van der Waals surface area contributed by atoms with Gasteiger partial charge in [-0.05, 0) is 0 Å². The van der Waals surface area contributed by atoms with Crippen molar-refractivity contribution < 1.29 is 13.5 Å². The molecule has 62 valence electrons. The summed E-state index contributed by atoms with van der Waals surface area (Å²) in [7, 11) is 0. The Balaban J connectivity index is 0.000000810. The summed E-state index contributed by atoms with van der Waals surface area (Å²) in [6, 6.07) is -0.751. The van der Waals surface area contributed by atoms with E-state index in [0.717, 1.165) is 0 Å². The van der Waals surface area contributed by atoms with Gasteiger partial charge in [0.15, 0.2) is 0 Å². The number of halogens is 3. The van der Waals surface area contributed by atoms with Crippen LogP contribution in [0.15, 0.2) is 0 Å². The molecule has 1 N–H and O–H groups in total. The molecule has 0 aromatic rings. The summed E-state index contributed by atoms with van der Waals surface area (Å²) in [6.07, 6.45) is -2.30. The van der Waals surface area contributed by atoms with Crippen LogP contribution < -0.4 is 5.32 Å². The maximum atomic E-state index is 11.8. The number of rotatable bonds is 1. The standard InChI is InChI=1S/C5H9F2NO.ClH/c6-5(7)4-3-9-2-1-8-4;/h4-5,8H,1-3H2;1H/t4-;/m0./s1. The van der Waals surface area contributed by atoms with E-state index in [2.05, 4.69) is 5.32 Å². The van der Waals surface area contributed by atoms with Gasteiger partial charge in [-0.1, -0.05) is 0 Å². The normalized spacial score (nSPS) is 26.1. The van der Waals surface area contributed by atoms with Gasteiger partial charge >= 0.3 is 0 Å². The Morgan fingerprint density at radius 1 is 1.50 bits per heavy atom. The van der Waals surface area contributed by atoms with Crippen molar-refractivity contribution in [1.29, 1.82) is 0 Å². The molecule has 1 saturated heterocycles. The maximum Gasteiger partial charge on any atom is 0.255 e. The third-order valence-corrected chi connectivity index (χ3v) is 1.25. The largest absolute Gasteiger partial charge is 0.378 e. The number of morpholine rings is 1. The molecule has 1 fully saturated rings. The van der Waals surface area contributed by atoms with E-state index < -0.39 is 12.5 Å². The lowest BCUT2D eigenvalue weighted by atomic mass is 10.3. The highest BCUT2D eigenvalue weighted by atomic mass is 35.5. The minimum Gasteiger partial charge on any atom is -0.378 e. The number of hydrogen-bond donors (Lipinski definition) is 1. The van der Waals surface area contributed by atoms with Crippen molar-refractivity contribution in [3.05, 3.63) is 0 Å². The Kier molecular flexibility index (Phi) is 4.85. The van der Waals surface area contributed by atoms with Crippen molar-refractivity contribution in [2.45, 2.75) is 12.5 Å². The third kappa shape index (κ3) is 2.77. The Morgan fingerprint density at radius 3 is 2.50 bits per heavy atom. The summed E-state index contributed by atoms with van der Waals surface area (Å²) in [5.41, 5.74) is 0. The van der Waals surface area contributed by atoms with Gasteiger partial charge in [0.25, 0.3) is 6.43 Å². The van der Waals surface area contributed by atoms with Crippen LogP contribution in [0.25, 0.3) is 0 Å². The molecule has 0 spiro atoms. The monoisotopic (exact) mass is 173 g/mol. The first-order chi connectivity index (χ1) is 4.30.